The van der Waals surface area contributed by atoms with Crippen LogP contribution < -0.4 is 10.2 Å². The summed E-state index contributed by atoms with van der Waals surface area (Å²) in [5.41, 5.74) is 7.02. The van der Waals surface area contributed by atoms with Gasteiger partial charge in [0.15, 0.2) is 6.61 Å². The molecular weight excluding hydrogens is 300 g/mol. The minimum atomic E-state index is -0.288. The fourth-order valence-corrected chi connectivity index (χ4v) is 2.27. The van der Waals surface area contributed by atoms with Gasteiger partial charge in [0.2, 0.25) is 0 Å². The second-order valence-electron chi connectivity index (χ2n) is 6.17. The van der Waals surface area contributed by atoms with Crippen molar-refractivity contribution < 1.29 is 9.53 Å². The lowest BCUT2D eigenvalue weighted by Crippen LogP contribution is -2.24. The number of amides is 1. The first-order valence-corrected chi connectivity index (χ1v) is 8.07. The number of hydrogen-bond donors (Lipinski definition) is 1. The van der Waals surface area contributed by atoms with Crippen LogP contribution in [0.5, 0.6) is 5.75 Å². The lowest BCUT2D eigenvalue weighted by atomic mass is 10.0. The van der Waals surface area contributed by atoms with E-state index in [9.17, 15) is 4.79 Å². The topological polar surface area (TPSA) is 50.7 Å². The van der Waals surface area contributed by atoms with Crippen LogP contribution in [0.3, 0.4) is 0 Å². The van der Waals surface area contributed by atoms with Crippen LogP contribution in [0, 0.1) is 13.8 Å². The van der Waals surface area contributed by atoms with Crippen molar-refractivity contribution in [3.05, 3.63) is 64.7 Å². The van der Waals surface area contributed by atoms with Crippen LogP contribution in [0.2, 0.25) is 0 Å². The second kappa shape index (κ2) is 8.29. The second-order valence-corrected chi connectivity index (χ2v) is 6.17. The zero-order chi connectivity index (χ0) is 17.5. The van der Waals surface area contributed by atoms with Gasteiger partial charge < -0.3 is 4.74 Å². The number of ether oxygens (including phenoxy) is 1. The maximum absolute atomic E-state index is 11.8. The summed E-state index contributed by atoms with van der Waals surface area (Å²) in [6.45, 7) is 8.26. The van der Waals surface area contributed by atoms with E-state index in [4.69, 9.17) is 4.74 Å². The van der Waals surface area contributed by atoms with E-state index >= 15 is 0 Å². The van der Waals surface area contributed by atoms with Gasteiger partial charge in [-0.15, -0.1) is 0 Å². The summed E-state index contributed by atoms with van der Waals surface area (Å²) in [6.07, 6.45) is 1.64. The van der Waals surface area contributed by atoms with Gasteiger partial charge >= 0.3 is 0 Å². The monoisotopic (exact) mass is 324 g/mol. The molecule has 0 aromatic heterocycles. The highest BCUT2D eigenvalue weighted by Gasteiger charge is 2.03. The van der Waals surface area contributed by atoms with Crippen molar-refractivity contribution >= 4 is 12.1 Å². The van der Waals surface area contributed by atoms with Crippen molar-refractivity contribution in [1.82, 2.24) is 5.43 Å². The lowest BCUT2D eigenvalue weighted by Gasteiger charge is -2.08. The van der Waals surface area contributed by atoms with Crippen LogP contribution in [-0.4, -0.2) is 18.7 Å². The van der Waals surface area contributed by atoms with E-state index in [1.807, 2.05) is 50.2 Å². The maximum Gasteiger partial charge on any atom is 0.277 e. The van der Waals surface area contributed by atoms with Gasteiger partial charge in [-0.1, -0.05) is 49.7 Å². The number of rotatable bonds is 6. The SMILES string of the molecule is Cc1ccc(C=NNC(=O)COc2ccc(C(C)C)cc2)c(C)c1. The third-order valence-electron chi connectivity index (χ3n) is 3.73. The Balaban J connectivity index is 1.81. The molecule has 0 aliphatic rings. The predicted molar refractivity (Wildman–Crippen MR) is 97.7 cm³/mol. The number of hydrazone groups is 1. The Morgan fingerprint density at radius 1 is 1.17 bits per heavy atom. The summed E-state index contributed by atoms with van der Waals surface area (Å²) in [7, 11) is 0. The fraction of sp³-hybridized carbons (Fsp3) is 0.300. The third kappa shape index (κ3) is 5.23. The van der Waals surface area contributed by atoms with Crippen molar-refractivity contribution in [2.24, 2.45) is 5.10 Å². The summed E-state index contributed by atoms with van der Waals surface area (Å²) in [6, 6.07) is 13.8. The first-order valence-electron chi connectivity index (χ1n) is 8.07. The van der Waals surface area contributed by atoms with Crippen molar-refractivity contribution in [3.63, 3.8) is 0 Å². The Morgan fingerprint density at radius 3 is 2.50 bits per heavy atom. The molecule has 0 heterocycles. The molecule has 0 unspecified atom stereocenters. The van der Waals surface area contributed by atoms with E-state index in [1.165, 1.54) is 11.1 Å². The average Bonchev–Trinajstić information content (AvgIpc) is 2.55. The average molecular weight is 324 g/mol. The molecule has 4 heteroatoms. The molecule has 4 nitrogen and oxygen atoms in total. The zero-order valence-corrected chi connectivity index (χ0v) is 14.7. The number of aryl methyl sites for hydroxylation is 2. The van der Waals surface area contributed by atoms with Crippen molar-refractivity contribution in [2.45, 2.75) is 33.6 Å². The summed E-state index contributed by atoms with van der Waals surface area (Å²) < 4.78 is 5.46. The summed E-state index contributed by atoms with van der Waals surface area (Å²) in [5.74, 6) is 0.860. The molecule has 0 aliphatic heterocycles. The molecule has 0 saturated carbocycles. The first-order chi connectivity index (χ1) is 11.5. The predicted octanol–water partition coefficient (Wildman–Crippen LogP) is 3.96. The number of benzene rings is 2. The molecule has 24 heavy (non-hydrogen) atoms. The highest BCUT2D eigenvalue weighted by Crippen LogP contribution is 2.18. The maximum atomic E-state index is 11.8. The van der Waals surface area contributed by atoms with E-state index in [2.05, 4.69) is 30.4 Å². The van der Waals surface area contributed by atoms with E-state index in [0.717, 1.165) is 11.1 Å². The molecule has 0 saturated heterocycles. The standard InChI is InChI=1S/C20H24N2O2/c1-14(2)17-7-9-19(10-8-17)24-13-20(23)22-21-12-18-6-5-15(3)11-16(18)4/h5-12,14H,13H2,1-4H3,(H,22,23). The molecule has 0 aliphatic carbocycles. The Hall–Kier alpha value is -2.62. The number of carbonyl (C=O) groups is 1. The van der Waals surface area contributed by atoms with Gasteiger partial charge in [0.1, 0.15) is 5.75 Å². The molecule has 0 radical (unpaired) electrons. The minimum absolute atomic E-state index is 0.0642. The molecule has 2 aromatic rings. The Morgan fingerprint density at radius 2 is 1.88 bits per heavy atom. The molecule has 0 bridgehead atoms. The Labute approximate surface area is 143 Å². The smallest absolute Gasteiger partial charge is 0.277 e. The van der Waals surface area contributed by atoms with Crippen LogP contribution in [0.1, 0.15) is 42.0 Å². The lowest BCUT2D eigenvalue weighted by molar-refractivity contribution is -0.123. The van der Waals surface area contributed by atoms with Crippen LogP contribution in [-0.2, 0) is 4.79 Å². The zero-order valence-electron chi connectivity index (χ0n) is 14.7. The quantitative estimate of drug-likeness (QED) is 0.646. The van der Waals surface area contributed by atoms with Crippen LogP contribution >= 0.6 is 0 Å². The number of carbonyl (C=O) groups excluding carboxylic acids is 1. The normalized spacial score (nSPS) is 11.0. The molecule has 0 fully saturated rings. The van der Waals surface area contributed by atoms with Crippen LogP contribution in [0.15, 0.2) is 47.6 Å². The van der Waals surface area contributed by atoms with Gasteiger partial charge in [-0.25, -0.2) is 5.43 Å². The summed E-state index contributed by atoms with van der Waals surface area (Å²) >= 11 is 0. The van der Waals surface area contributed by atoms with Gasteiger partial charge in [0, 0.05) is 0 Å². The number of hydrogen-bond acceptors (Lipinski definition) is 3. The molecule has 0 atom stereocenters. The van der Waals surface area contributed by atoms with Gasteiger partial charge in [-0.2, -0.15) is 5.10 Å². The molecule has 2 rings (SSSR count). The van der Waals surface area contributed by atoms with Crippen molar-refractivity contribution in [2.75, 3.05) is 6.61 Å². The molecule has 1 N–H and O–H groups in total. The van der Waals surface area contributed by atoms with E-state index in [0.29, 0.717) is 11.7 Å². The highest BCUT2D eigenvalue weighted by molar-refractivity contribution is 5.84. The van der Waals surface area contributed by atoms with Gasteiger partial charge in [-0.3, -0.25) is 4.79 Å². The van der Waals surface area contributed by atoms with E-state index in [-0.39, 0.29) is 12.5 Å². The van der Waals surface area contributed by atoms with Crippen LogP contribution in [0.25, 0.3) is 0 Å². The number of nitrogens with zero attached hydrogens (tertiary/aromatic N) is 1. The third-order valence-corrected chi connectivity index (χ3v) is 3.73. The van der Waals surface area contributed by atoms with Crippen molar-refractivity contribution in [3.8, 4) is 5.75 Å². The Bertz CT molecular complexity index is 719. The molecular formula is C20H24N2O2. The minimum Gasteiger partial charge on any atom is -0.484 e. The molecule has 2 aromatic carbocycles. The molecule has 1 amide bonds. The molecule has 0 spiro atoms. The Kier molecular flexibility index (Phi) is 6.13. The van der Waals surface area contributed by atoms with E-state index < -0.39 is 0 Å². The van der Waals surface area contributed by atoms with Crippen LogP contribution in [0.4, 0.5) is 0 Å². The fourth-order valence-electron chi connectivity index (χ4n) is 2.27. The van der Waals surface area contributed by atoms with Gasteiger partial charge in [0.25, 0.3) is 5.91 Å². The van der Waals surface area contributed by atoms with Gasteiger partial charge in [-0.05, 0) is 48.6 Å². The summed E-state index contributed by atoms with van der Waals surface area (Å²) in [5, 5.41) is 3.98. The van der Waals surface area contributed by atoms with Crippen molar-refractivity contribution in [1.29, 1.82) is 0 Å². The molecule has 126 valence electrons. The van der Waals surface area contributed by atoms with Gasteiger partial charge in [0.05, 0.1) is 6.21 Å². The number of nitrogens with one attached hydrogen (secondary N) is 1. The highest BCUT2D eigenvalue weighted by atomic mass is 16.5. The summed E-state index contributed by atoms with van der Waals surface area (Å²) in [4.78, 5) is 11.8. The first kappa shape index (κ1) is 17.7. The largest absolute Gasteiger partial charge is 0.484 e. The van der Waals surface area contributed by atoms with E-state index in [1.54, 1.807) is 6.21 Å².